The van der Waals surface area contributed by atoms with E-state index in [1.807, 2.05) is 0 Å². The first-order valence-corrected chi connectivity index (χ1v) is 6.01. The Bertz CT molecular complexity index is 158. The van der Waals surface area contributed by atoms with Crippen LogP contribution in [-0.4, -0.2) is 12.1 Å². The molecule has 1 aliphatic carbocycles. The van der Waals surface area contributed by atoms with Crippen LogP contribution < -0.4 is 5.32 Å². The van der Waals surface area contributed by atoms with Crippen molar-refractivity contribution in [3.63, 3.8) is 0 Å². The van der Waals surface area contributed by atoms with E-state index in [4.69, 9.17) is 0 Å². The smallest absolute Gasteiger partial charge is 0.0232 e. The van der Waals surface area contributed by atoms with Crippen LogP contribution in [-0.2, 0) is 0 Å². The first-order chi connectivity index (χ1) is 6.26. The van der Waals surface area contributed by atoms with Gasteiger partial charge < -0.3 is 5.32 Å². The second-order valence-electron chi connectivity index (χ2n) is 5.21. The average Bonchev–Trinajstić information content (AvgIpc) is 2.92. The van der Waals surface area contributed by atoms with Crippen molar-refractivity contribution in [2.24, 2.45) is 11.8 Å². The van der Waals surface area contributed by atoms with E-state index in [2.05, 4.69) is 19.2 Å². The van der Waals surface area contributed by atoms with E-state index in [9.17, 15) is 0 Å². The largest absolute Gasteiger partial charge is 0.311 e. The third-order valence-electron chi connectivity index (χ3n) is 4.06. The van der Waals surface area contributed by atoms with E-state index in [0.29, 0.717) is 5.54 Å². The van der Waals surface area contributed by atoms with Crippen molar-refractivity contribution in [1.29, 1.82) is 0 Å². The summed E-state index contributed by atoms with van der Waals surface area (Å²) in [5, 5.41) is 3.86. The van der Waals surface area contributed by atoms with Gasteiger partial charge in [0.1, 0.15) is 0 Å². The highest BCUT2D eigenvalue weighted by Crippen LogP contribution is 2.47. The van der Waals surface area contributed by atoms with Crippen molar-refractivity contribution in [3.8, 4) is 0 Å². The Morgan fingerprint density at radius 2 is 1.92 bits per heavy atom. The van der Waals surface area contributed by atoms with Crippen molar-refractivity contribution in [2.45, 2.75) is 57.9 Å². The summed E-state index contributed by atoms with van der Waals surface area (Å²) in [6, 6.07) is 0. The number of nitrogens with one attached hydrogen (secondary N) is 1. The standard InChI is InChI=1S/C12H23N/c1-10(2)12(11-6-7-11)8-4-3-5-9-13-12/h10-11,13H,3-9H2,1-2H3. The van der Waals surface area contributed by atoms with Crippen molar-refractivity contribution in [2.75, 3.05) is 6.54 Å². The Hall–Kier alpha value is -0.0400. The van der Waals surface area contributed by atoms with Crippen LogP contribution in [0.5, 0.6) is 0 Å². The van der Waals surface area contributed by atoms with E-state index in [1.165, 1.54) is 45.1 Å². The summed E-state index contributed by atoms with van der Waals surface area (Å²) in [6.07, 6.45) is 8.66. The van der Waals surface area contributed by atoms with Crippen LogP contribution in [0.15, 0.2) is 0 Å². The van der Waals surface area contributed by atoms with Crippen LogP contribution in [0.1, 0.15) is 52.4 Å². The lowest BCUT2D eigenvalue weighted by atomic mass is 9.78. The van der Waals surface area contributed by atoms with E-state index in [1.54, 1.807) is 0 Å². The van der Waals surface area contributed by atoms with E-state index >= 15 is 0 Å². The summed E-state index contributed by atoms with van der Waals surface area (Å²) in [6.45, 7) is 6.06. The summed E-state index contributed by atoms with van der Waals surface area (Å²) in [4.78, 5) is 0. The zero-order valence-corrected chi connectivity index (χ0v) is 9.10. The molecule has 0 aromatic heterocycles. The first kappa shape index (κ1) is 9.51. The molecule has 0 spiro atoms. The minimum Gasteiger partial charge on any atom is -0.311 e. The van der Waals surface area contributed by atoms with Gasteiger partial charge in [-0.3, -0.25) is 0 Å². The highest BCUT2D eigenvalue weighted by molar-refractivity contribution is 5.03. The summed E-state index contributed by atoms with van der Waals surface area (Å²) >= 11 is 0. The Morgan fingerprint density at radius 1 is 1.15 bits per heavy atom. The summed E-state index contributed by atoms with van der Waals surface area (Å²) in [5.74, 6) is 1.82. The third-order valence-corrected chi connectivity index (χ3v) is 4.06. The Labute approximate surface area is 82.3 Å². The van der Waals surface area contributed by atoms with Crippen LogP contribution >= 0.6 is 0 Å². The lowest BCUT2D eigenvalue weighted by molar-refractivity contribution is 0.193. The molecule has 2 fully saturated rings. The molecular weight excluding hydrogens is 158 g/mol. The normalized spacial score (nSPS) is 36.2. The van der Waals surface area contributed by atoms with Crippen LogP contribution in [0, 0.1) is 11.8 Å². The zero-order valence-electron chi connectivity index (χ0n) is 9.10. The van der Waals surface area contributed by atoms with Gasteiger partial charge in [-0.25, -0.2) is 0 Å². The average molecular weight is 181 g/mol. The van der Waals surface area contributed by atoms with E-state index < -0.39 is 0 Å². The van der Waals surface area contributed by atoms with Gasteiger partial charge in [0.2, 0.25) is 0 Å². The predicted molar refractivity (Wildman–Crippen MR) is 56.8 cm³/mol. The molecule has 0 amide bonds. The molecule has 1 saturated heterocycles. The molecule has 1 N–H and O–H groups in total. The highest BCUT2D eigenvalue weighted by atomic mass is 15.0. The van der Waals surface area contributed by atoms with Gasteiger partial charge in [0.05, 0.1) is 0 Å². The maximum Gasteiger partial charge on any atom is 0.0232 e. The van der Waals surface area contributed by atoms with Gasteiger partial charge in [0.25, 0.3) is 0 Å². The molecule has 1 heteroatoms. The monoisotopic (exact) mass is 181 g/mol. The summed E-state index contributed by atoms with van der Waals surface area (Å²) in [5.41, 5.74) is 0.524. The third kappa shape index (κ3) is 1.76. The fraction of sp³-hybridized carbons (Fsp3) is 1.00. The van der Waals surface area contributed by atoms with Crippen molar-refractivity contribution in [3.05, 3.63) is 0 Å². The summed E-state index contributed by atoms with van der Waals surface area (Å²) in [7, 11) is 0. The van der Waals surface area contributed by atoms with Gasteiger partial charge in [0, 0.05) is 5.54 Å². The molecule has 0 bridgehead atoms. The quantitative estimate of drug-likeness (QED) is 0.690. The van der Waals surface area contributed by atoms with Crippen molar-refractivity contribution in [1.82, 2.24) is 5.32 Å². The Morgan fingerprint density at radius 3 is 2.54 bits per heavy atom. The molecule has 0 aromatic carbocycles. The minimum atomic E-state index is 0.524. The maximum absolute atomic E-state index is 3.86. The molecule has 1 atom stereocenters. The summed E-state index contributed by atoms with van der Waals surface area (Å²) < 4.78 is 0. The molecule has 1 heterocycles. The molecule has 1 unspecified atom stereocenters. The van der Waals surface area contributed by atoms with Crippen LogP contribution in [0.4, 0.5) is 0 Å². The Kier molecular flexibility index (Phi) is 2.64. The lowest BCUT2D eigenvalue weighted by Crippen LogP contribution is -2.51. The topological polar surface area (TPSA) is 12.0 Å². The zero-order chi connectivity index (χ0) is 9.31. The molecule has 2 rings (SSSR count). The molecule has 0 aromatic rings. The van der Waals surface area contributed by atoms with Gasteiger partial charge in [0.15, 0.2) is 0 Å². The van der Waals surface area contributed by atoms with Crippen molar-refractivity contribution < 1.29 is 0 Å². The van der Waals surface area contributed by atoms with Crippen LogP contribution in [0.2, 0.25) is 0 Å². The molecule has 76 valence electrons. The second kappa shape index (κ2) is 3.61. The molecule has 13 heavy (non-hydrogen) atoms. The highest BCUT2D eigenvalue weighted by Gasteiger charge is 2.46. The van der Waals surface area contributed by atoms with Gasteiger partial charge in [-0.15, -0.1) is 0 Å². The fourth-order valence-electron chi connectivity index (χ4n) is 3.04. The maximum atomic E-state index is 3.86. The second-order valence-corrected chi connectivity index (χ2v) is 5.21. The minimum absolute atomic E-state index is 0.524. The van der Waals surface area contributed by atoms with Gasteiger partial charge in [-0.1, -0.05) is 26.7 Å². The first-order valence-electron chi connectivity index (χ1n) is 6.01. The van der Waals surface area contributed by atoms with Gasteiger partial charge >= 0.3 is 0 Å². The van der Waals surface area contributed by atoms with Crippen LogP contribution in [0.3, 0.4) is 0 Å². The SMILES string of the molecule is CC(C)C1(C2CC2)CCCCCN1. The van der Waals surface area contributed by atoms with Gasteiger partial charge in [-0.05, 0) is 44.1 Å². The molecule has 0 radical (unpaired) electrons. The van der Waals surface area contributed by atoms with Crippen LogP contribution in [0.25, 0.3) is 0 Å². The number of hydrogen-bond acceptors (Lipinski definition) is 1. The Balaban J connectivity index is 2.09. The fourth-order valence-corrected chi connectivity index (χ4v) is 3.04. The lowest BCUT2D eigenvalue weighted by Gasteiger charge is -2.38. The van der Waals surface area contributed by atoms with Gasteiger partial charge in [-0.2, -0.15) is 0 Å². The number of rotatable bonds is 2. The molecule has 1 aliphatic heterocycles. The van der Waals surface area contributed by atoms with E-state index in [-0.39, 0.29) is 0 Å². The van der Waals surface area contributed by atoms with E-state index in [0.717, 1.165) is 11.8 Å². The van der Waals surface area contributed by atoms with Crippen molar-refractivity contribution >= 4 is 0 Å². The predicted octanol–water partition coefficient (Wildman–Crippen LogP) is 2.95. The number of hydrogen-bond donors (Lipinski definition) is 1. The molecular formula is C12H23N. The molecule has 2 aliphatic rings. The molecule has 1 nitrogen and oxygen atoms in total. The molecule has 1 saturated carbocycles.